The molecule has 2 aromatic carbocycles. The first-order valence-electron chi connectivity index (χ1n) is 10.1. The number of carboxylic acid groups (broad SMARTS) is 1. The van der Waals surface area contributed by atoms with Gasteiger partial charge in [0.2, 0.25) is 0 Å². The maximum absolute atomic E-state index is 12.3. The van der Waals surface area contributed by atoms with Crippen LogP contribution in [0, 0.1) is 12.3 Å². The van der Waals surface area contributed by atoms with Crippen molar-refractivity contribution in [3.8, 4) is 5.75 Å². The minimum atomic E-state index is -1.49. The number of ketones is 1. The Labute approximate surface area is 182 Å². The number of carbonyl (C=O) groups is 3. The molecule has 1 N–H and O–H groups in total. The molecular weight excluding hydrogens is 396 g/mol. The second kappa shape index (κ2) is 10.6. The van der Waals surface area contributed by atoms with E-state index in [2.05, 4.69) is 0 Å². The second-order valence-electron chi connectivity index (χ2n) is 7.83. The van der Waals surface area contributed by atoms with E-state index in [0.717, 1.165) is 16.7 Å². The van der Waals surface area contributed by atoms with Crippen molar-refractivity contribution in [1.82, 2.24) is 0 Å². The van der Waals surface area contributed by atoms with Crippen LogP contribution in [-0.2, 0) is 20.9 Å². The van der Waals surface area contributed by atoms with Gasteiger partial charge in [-0.3, -0.25) is 9.59 Å². The molecule has 0 aliphatic heterocycles. The van der Waals surface area contributed by atoms with Gasteiger partial charge < -0.3 is 14.6 Å². The van der Waals surface area contributed by atoms with E-state index in [1.165, 1.54) is 12.1 Å². The fraction of sp³-hybridized carbons (Fsp3) is 0.320. The number of benzene rings is 2. The van der Waals surface area contributed by atoms with Crippen molar-refractivity contribution in [1.29, 1.82) is 0 Å². The van der Waals surface area contributed by atoms with Gasteiger partial charge >= 0.3 is 11.9 Å². The average molecular weight is 424 g/mol. The molecule has 0 fully saturated rings. The summed E-state index contributed by atoms with van der Waals surface area (Å²) in [5.41, 5.74) is 2.51. The van der Waals surface area contributed by atoms with E-state index in [1.807, 2.05) is 58.0 Å². The summed E-state index contributed by atoms with van der Waals surface area (Å²) in [4.78, 5) is 34.4. The summed E-state index contributed by atoms with van der Waals surface area (Å²) in [7, 11) is 0. The van der Waals surface area contributed by atoms with Gasteiger partial charge in [0.25, 0.3) is 5.78 Å². The molecule has 0 atom stereocenters. The first-order chi connectivity index (χ1) is 14.7. The Morgan fingerprint density at radius 1 is 1.06 bits per heavy atom. The van der Waals surface area contributed by atoms with Gasteiger partial charge in [-0.15, -0.1) is 0 Å². The predicted molar refractivity (Wildman–Crippen MR) is 118 cm³/mol. The molecule has 0 heterocycles. The third kappa shape index (κ3) is 6.54. The van der Waals surface area contributed by atoms with E-state index >= 15 is 0 Å². The highest BCUT2D eigenvalue weighted by Gasteiger charge is 2.27. The van der Waals surface area contributed by atoms with Crippen molar-refractivity contribution in [2.45, 2.75) is 40.7 Å². The number of aryl methyl sites for hydroxylation is 1. The van der Waals surface area contributed by atoms with E-state index in [4.69, 9.17) is 14.6 Å². The molecule has 6 nitrogen and oxygen atoms in total. The highest BCUT2D eigenvalue weighted by Crippen LogP contribution is 2.24. The normalized spacial score (nSPS) is 11.4. The summed E-state index contributed by atoms with van der Waals surface area (Å²) < 4.78 is 11.2. The Bertz CT molecular complexity index is 970. The molecule has 0 spiro atoms. The molecule has 31 heavy (non-hydrogen) atoms. The predicted octanol–water partition coefficient (Wildman–Crippen LogP) is 4.83. The largest absolute Gasteiger partial charge is 0.490 e. The molecule has 164 valence electrons. The Kier molecular flexibility index (Phi) is 8.14. The van der Waals surface area contributed by atoms with E-state index in [-0.39, 0.29) is 24.7 Å². The van der Waals surface area contributed by atoms with E-state index in [0.29, 0.717) is 12.2 Å². The lowest BCUT2D eigenvalue weighted by Crippen LogP contribution is -2.25. The molecule has 6 heteroatoms. The van der Waals surface area contributed by atoms with Crippen molar-refractivity contribution >= 4 is 23.8 Å². The zero-order chi connectivity index (χ0) is 23.0. The number of ether oxygens (including phenoxy) is 2. The zero-order valence-electron chi connectivity index (χ0n) is 18.3. The second-order valence-corrected chi connectivity index (χ2v) is 7.83. The lowest BCUT2D eigenvalue weighted by Gasteiger charge is -2.21. The van der Waals surface area contributed by atoms with Crippen molar-refractivity contribution in [3.63, 3.8) is 0 Å². The van der Waals surface area contributed by atoms with Gasteiger partial charge in [0, 0.05) is 5.56 Å². The Hall–Kier alpha value is -3.41. The SMILES string of the molecule is CCC(C)(C)C(=O)OCc1cccc(C)c1/C=C\COc1ccc(C(=O)C(=O)O)cc1. The van der Waals surface area contributed by atoms with E-state index < -0.39 is 17.2 Å². The van der Waals surface area contributed by atoms with Crippen LogP contribution >= 0.6 is 0 Å². The van der Waals surface area contributed by atoms with Crippen LogP contribution < -0.4 is 4.74 Å². The lowest BCUT2D eigenvalue weighted by atomic mass is 9.91. The van der Waals surface area contributed by atoms with E-state index in [1.54, 1.807) is 12.1 Å². The van der Waals surface area contributed by atoms with Crippen LogP contribution in [0.15, 0.2) is 48.5 Å². The quantitative estimate of drug-likeness (QED) is 0.334. The van der Waals surface area contributed by atoms with Gasteiger partial charge in [0.15, 0.2) is 0 Å². The van der Waals surface area contributed by atoms with Crippen LogP contribution in [0.5, 0.6) is 5.75 Å². The Balaban J connectivity index is 2.00. The molecule has 0 amide bonds. The Morgan fingerprint density at radius 2 is 1.74 bits per heavy atom. The summed E-state index contributed by atoms with van der Waals surface area (Å²) in [6, 6.07) is 11.8. The smallest absolute Gasteiger partial charge is 0.377 e. The monoisotopic (exact) mass is 424 g/mol. The summed E-state index contributed by atoms with van der Waals surface area (Å²) in [5, 5.41) is 8.73. The van der Waals surface area contributed by atoms with Gasteiger partial charge in [0.1, 0.15) is 19.0 Å². The molecule has 0 saturated carbocycles. The lowest BCUT2D eigenvalue weighted by molar-refractivity contribution is -0.155. The third-order valence-electron chi connectivity index (χ3n) is 5.15. The number of esters is 1. The molecule has 0 unspecified atom stereocenters. The van der Waals surface area contributed by atoms with Crippen molar-refractivity contribution in [3.05, 3.63) is 70.8 Å². The number of carbonyl (C=O) groups excluding carboxylic acids is 2. The minimum Gasteiger partial charge on any atom is -0.490 e. The first-order valence-corrected chi connectivity index (χ1v) is 10.1. The molecule has 0 radical (unpaired) electrons. The molecule has 2 rings (SSSR count). The van der Waals surface area contributed by atoms with Gasteiger partial charge in [0.05, 0.1) is 5.41 Å². The van der Waals surface area contributed by atoms with Crippen LogP contribution in [-0.4, -0.2) is 29.4 Å². The molecule has 0 aliphatic carbocycles. The molecule has 2 aromatic rings. The minimum absolute atomic E-state index is 0.0979. The number of hydrogen-bond donors (Lipinski definition) is 1. The number of hydrogen-bond acceptors (Lipinski definition) is 5. The van der Waals surface area contributed by atoms with Crippen LogP contribution in [0.4, 0.5) is 0 Å². The molecule has 0 bridgehead atoms. The van der Waals surface area contributed by atoms with Crippen LogP contribution in [0.1, 0.15) is 54.2 Å². The van der Waals surface area contributed by atoms with Crippen LogP contribution in [0.2, 0.25) is 0 Å². The molecule has 0 aromatic heterocycles. The van der Waals surface area contributed by atoms with Gasteiger partial charge in [-0.05, 0) is 74.2 Å². The van der Waals surface area contributed by atoms with Gasteiger partial charge in [-0.2, -0.15) is 0 Å². The number of Topliss-reactive ketones (excluding diaryl/α,β-unsaturated/α-hetero) is 1. The highest BCUT2D eigenvalue weighted by molar-refractivity contribution is 6.39. The van der Waals surface area contributed by atoms with Crippen LogP contribution in [0.3, 0.4) is 0 Å². The van der Waals surface area contributed by atoms with E-state index in [9.17, 15) is 14.4 Å². The highest BCUT2D eigenvalue weighted by atomic mass is 16.5. The maximum Gasteiger partial charge on any atom is 0.377 e. The zero-order valence-corrected chi connectivity index (χ0v) is 18.3. The summed E-state index contributed by atoms with van der Waals surface area (Å²) in [5.74, 6) is -2.15. The number of aliphatic carboxylic acids is 1. The van der Waals surface area contributed by atoms with Crippen molar-refractivity contribution in [2.24, 2.45) is 5.41 Å². The number of carboxylic acids is 1. The van der Waals surface area contributed by atoms with Gasteiger partial charge in [-0.1, -0.05) is 31.2 Å². The van der Waals surface area contributed by atoms with Gasteiger partial charge in [-0.25, -0.2) is 4.79 Å². The van der Waals surface area contributed by atoms with Crippen molar-refractivity contribution < 1.29 is 29.0 Å². The number of rotatable bonds is 10. The fourth-order valence-electron chi connectivity index (χ4n) is 2.73. The van der Waals surface area contributed by atoms with Crippen LogP contribution in [0.25, 0.3) is 6.08 Å². The maximum atomic E-state index is 12.3. The Morgan fingerprint density at radius 3 is 2.35 bits per heavy atom. The standard InChI is InChI=1S/C25H28O6/c1-5-25(3,4)24(29)31-16-19-9-6-8-17(2)21(19)10-7-15-30-20-13-11-18(12-14-20)22(26)23(27)28/h6-14H,5,15-16H2,1-4H3,(H,27,28)/b10-7-. The average Bonchev–Trinajstić information content (AvgIpc) is 2.75. The summed E-state index contributed by atoms with van der Waals surface area (Å²) >= 11 is 0. The molecule has 0 saturated heterocycles. The first kappa shape index (κ1) is 23.9. The third-order valence-corrected chi connectivity index (χ3v) is 5.15. The molecule has 0 aliphatic rings. The molecular formula is C25H28O6. The summed E-state index contributed by atoms with van der Waals surface area (Å²) in [6.07, 6.45) is 4.47. The fourth-order valence-corrected chi connectivity index (χ4v) is 2.73. The topological polar surface area (TPSA) is 89.9 Å². The summed E-state index contributed by atoms with van der Waals surface area (Å²) in [6.45, 7) is 8.16. The van der Waals surface area contributed by atoms with Crippen molar-refractivity contribution in [2.75, 3.05) is 6.61 Å².